The Labute approximate surface area is 214 Å². The van der Waals surface area contributed by atoms with E-state index in [1.807, 2.05) is 35.1 Å². The van der Waals surface area contributed by atoms with Crippen molar-refractivity contribution in [1.29, 1.82) is 0 Å². The maximum atomic E-state index is 12.7. The van der Waals surface area contributed by atoms with Gasteiger partial charge in [0.15, 0.2) is 11.5 Å². The SMILES string of the molecule is CN(c1ccc2c(c1)OCO2)C(O)C(Cc1ccccc1)NC(=O)NS(=O)(=O)Cc1cccc(Cl)c1. The molecule has 3 aromatic carbocycles. The molecule has 0 aromatic heterocycles. The predicted molar refractivity (Wildman–Crippen MR) is 137 cm³/mol. The minimum Gasteiger partial charge on any atom is -0.454 e. The van der Waals surface area contributed by atoms with Crippen molar-refractivity contribution in [3.63, 3.8) is 0 Å². The molecule has 36 heavy (non-hydrogen) atoms. The zero-order valence-electron chi connectivity index (χ0n) is 19.4. The first-order chi connectivity index (χ1) is 17.2. The van der Waals surface area contributed by atoms with Gasteiger partial charge in [-0.1, -0.05) is 54.1 Å². The molecule has 9 nitrogen and oxygen atoms in total. The number of rotatable bonds is 9. The number of fused-ring (bicyclic) bond motifs is 1. The normalized spacial score (nSPS) is 14.1. The summed E-state index contributed by atoms with van der Waals surface area (Å²) in [6.07, 6.45) is -0.953. The lowest BCUT2D eigenvalue weighted by molar-refractivity contribution is 0.129. The number of aliphatic hydroxyl groups excluding tert-OH is 1. The third-order valence-electron chi connectivity index (χ3n) is 5.63. The molecule has 0 radical (unpaired) electrons. The third-order valence-corrected chi connectivity index (χ3v) is 7.07. The van der Waals surface area contributed by atoms with Crippen molar-refractivity contribution >= 4 is 33.3 Å². The maximum absolute atomic E-state index is 12.7. The number of benzene rings is 3. The molecule has 2 unspecified atom stereocenters. The molecule has 0 saturated heterocycles. The van der Waals surface area contributed by atoms with E-state index >= 15 is 0 Å². The summed E-state index contributed by atoms with van der Waals surface area (Å²) >= 11 is 5.93. The van der Waals surface area contributed by atoms with E-state index in [4.69, 9.17) is 21.1 Å². The Bertz CT molecular complexity index is 1320. The number of carbonyl (C=O) groups is 1. The molecule has 1 heterocycles. The number of sulfonamides is 1. The number of urea groups is 1. The van der Waals surface area contributed by atoms with Gasteiger partial charge in [0.2, 0.25) is 16.8 Å². The van der Waals surface area contributed by atoms with Crippen LogP contribution in [0.15, 0.2) is 72.8 Å². The van der Waals surface area contributed by atoms with Crippen molar-refractivity contribution in [3.8, 4) is 11.5 Å². The van der Waals surface area contributed by atoms with Gasteiger partial charge in [0, 0.05) is 23.8 Å². The molecular weight excluding hydrogens is 506 g/mol. The first-order valence-corrected chi connectivity index (χ1v) is 13.1. The van der Waals surface area contributed by atoms with E-state index in [2.05, 4.69) is 5.32 Å². The fourth-order valence-corrected chi connectivity index (χ4v) is 5.09. The molecule has 0 aliphatic carbocycles. The standard InChI is InChI=1S/C25H26ClN3O6S/c1-29(20-10-11-22-23(14-20)35-16-34-22)24(30)21(13-17-6-3-2-4-7-17)27-25(31)28-36(32,33)15-18-8-5-9-19(26)12-18/h2-12,14,21,24,30H,13,15-16H2,1H3,(H2,27,28,31). The van der Waals surface area contributed by atoms with Crippen LogP contribution in [0.3, 0.4) is 0 Å². The second kappa shape index (κ2) is 11.1. The zero-order valence-corrected chi connectivity index (χ0v) is 21.0. The van der Waals surface area contributed by atoms with E-state index in [0.717, 1.165) is 5.56 Å². The lowest BCUT2D eigenvalue weighted by Gasteiger charge is -2.33. The van der Waals surface area contributed by atoms with Gasteiger partial charge in [-0.2, -0.15) is 0 Å². The number of hydrogen-bond acceptors (Lipinski definition) is 7. The molecule has 1 aliphatic rings. The Morgan fingerprint density at radius 1 is 1.03 bits per heavy atom. The molecular formula is C25H26ClN3O6S. The molecule has 4 rings (SSSR count). The first kappa shape index (κ1) is 25.6. The molecule has 2 amide bonds. The van der Waals surface area contributed by atoms with Gasteiger partial charge in [-0.25, -0.2) is 17.9 Å². The van der Waals surface area contributed by atoms with Gasteiger partial charge in [0.05, 0.1) is 11.8 Å². The fraction of sp³-hybridized carbons (Fsp3) is 0.240. The summed E-state index contributed by atoms with van der Waals surface area (Å²) in [5.41, 5.74) is 1.91. The summed E-state index contributed by atoms with van der Waals surface area (Å²) in [6, 6.07) is 19.0. The van der Waals surface area contributed by atoms with E-state index in [0.29, 0.717) is 27.8 Å². The Kier molecular flexibility index (Phi) is 7.88. The molecule has 0 bridgehead atoms. The van der Waals surface area contributed by atoms with Gasteiger partial charge in [-0.05, 0) is 41.8 Å². The molecule has 190 valence electrons. The topological polar surface area (TPSA) is 117 Å². The minimum atomic E-state index is -4.02. The second-order valence-electron chi connectivity index (χ2n) is 8.32. The number of nitrogens with one attached hydrogen (secondary N) is 2. The van der Waals surface area contributed by atoms with Crippen LogP contribution in [-0.4, -0.2) is 45.7 Å². The van der Waals surface area contributed by atoms with Gasteiger partial charge < -0.3 is 24.8 Å². The van der Waals surface area contributed by atoms with E-state index in [9.17, 15) is 18.3 Å². The molecule has 3 aromatic rings. The van der Waals surface area contributed by atoms with Crippen LogP contribution in [0.2, 0.25) is 5.02 Å². The number of aliphatic hydroxyl groups is 1. The zero-order chi connectivity index (χ0) is 25.7. The van der Waals surface area contributed by atoms with Gasteiger partial charge in [0.1, 0.15) is 6.23 Å². The van der Waals surface area contributed by atoms with Crippen molar-refractivity contribution in [2.45, 2.75) is 24.4 Å². The smallest absolute Gasteiger partial charge is 0.328 e. The maximum Gasteiger partial charge on any atom is 0.328 e. The molecule has 3 N–H and O–H groups in total. The number of anilines is 1. The predicted octanol–water partition coefficient (Wildman–Crippen LogP) is 3.26. The molecule has 0 fully saturated rings. The highest BCUT2D eigenvalue weighted by Crippen LogP contribution is 2.35. The first-order valence-electron chi connectivity index (χ1n) is 11.1. The van der Waals surface area contributed by atoms with E-state index in [1.54, 1.807) is 48.3 Å². The number of ether oxygens (including phenoxy) is 2. The summed E-state index contributed by atoms with van der Waals surface area (Å²) in [5, 5.41) is 14.2. The highest BCUT2D eigenvalue weighted by molar-refractivity contribution is 7.89. The van der Waals surface area contributed by atoms with E-state index in [-0.39, 0.29) is 13.2 Å². The Morgan fingerprint density at radius 2 is 1.75 bits per heavy atom. The summed E-state index contributed by atoms with van der Waals surface area (Å²) in [6.45, 7) is 0.118. The average molecular weight is 532 g/mol. The quantitative estimate of drug-likeness (QED) is 0.363. The van der Waals surface area contributed by atoms with Gasteiger partial charge in [0.25, 0.3) is 0 Å². The molecule has 11 heteroatoms. The number of nitrogens with zero attached hydrogens (tertiary/aromatic N) is 1. The van der Waals surface area contributed by atoms with Crippen molar-refractivity contribution in [2.24, 2.45) is 0 Å². The highest BCUT2D eigenvalue weighted by atomic mass is 35.5. The van der Waals surface area contributed by atoms with Crippen molar-refractivity contribution in [1.82, 2.24) is 10.0 Å². The van der Waals surface area contributed by atoms with Crippen molar-refractivity contribution in [3.05, 3.63) is 88.9 Å². The minimum absolute atomic E-state index is 0.118. The molecule has 0 saturated carbocycles. The number of hydrogen-bond donors (Lipinski definition) is 3. The molecule has 1 aliphatic heterocycles. The van der Waals surface area contributed by atoms with E-state index in [1.165, 1.54) is 6.07 Å². The van der Waals surface area contributed by atoms with Crippen LogP contribution >= 0.6 is 11.6 Å². The van der Waals surface area contributed by atoms with E-state index < -0.39 is 34.1 Å². The fourth-order valence-electron chi connectivity index (χ4n) is 3.85. The summed E-state index contributed by atoms with van der Waals surface area (Å²) in [4.78, 5) is 14.3. The van der Waals surface area contributed by atoms with Crippen LogP contribution in [0.1, 0.15) is 11.1 Å². The van der Waals surface area contributed by atoms with Crippen molar-refractivity contribution < 1.29 is 27.8 Å². The summed E-state index contributed by atoms with van der Waals surface area (Å²) in [5.74, 6) is 0.720. The molecule has 0 spiro atoms. The number of carbonyl (C=O) groups excluding carboxylic acids is 1. The Morgan fingerprint density at radius 3 is 2.50 bits per heavy atom. The molecule has 2 atom stereocenters. The summed E-state index contributed by atoms with van der Waals surface area (Å²) < 4.78 is 37.9. The lowest BCUT2D eigenvalue weighted by atomic mass is 10.0. The van der Waals surface area contributed by atoms with Crippen LogP contribution in [0.5, 0.6) is 11.5 Å². The van der Waals surface area contributed by atoms with Crippen LogP contribution in [0.4, 0.5) is 10.5 Å². The van der Waals surface area contributed by atoms with Gasteiger partial charge in [-0.15, -0.1) is 0 Å². The third kappa shape index (κ3) is 6.60. The van der Waals surface area contributed by atoms with Gasteiger partial charge >= 0.3 is 6.03 Å². The Balaban J connectivity index is 1.49. The van der Waals surface area contributed by atoms with Crippen LogP contribution in [-0.2, 0) is 22.2 Å². The Hall–Kier alpha value is -3.47. The monoisotopic (exact) mass is 531 g/mol. The number of halogens is 1. The number of amides is 2. The van der Waals surface area contributed by atoms with Crippen molar-refractivity contribution in [2.75, 3.05) is 18.7 Å². The summed E-state index contributed by atoms with van der Waals surface area (Å²) in [7, 11) is -2.36. The lowest BCUT2D eigenvalue weighted by Crippen LogP contribution is -2.55. The van der Waals surface area contributed by atoms with Crippen LogP contribution in [0, 0.1) is 0 Å². The highest BCUT2D eigenvalue weighted by Gasteiger charge is 2.28. The number of likely N-dealkylation sites (N-methyl/N-ethyl adjacent to an activating group) is 1. The second-order valence-corrected chi connectivity index (χ2v) is 10.5. The van der Waals surface area contributed by atoms with Gasteiger partial charge in [-0.3, -0.25) is 0 Å². The van der Waals surface area contributed by atoms with Crippen LogP contribution < -0.4 is 24.4 Å². The largest absolute Gasteiger partial charge is 0.454 e. The van der Waals surface area contributed by atoms with Crippen LogP contribution in [0.25, 0.3) is 0 Å². The average Bonchev–Trinajstić information content (AvgIpc) is 3.30.